The molecule has 1 aromatic heterocycles. The van der Waals surface area contributed by atoms with Crippen LogP contribution in [0.1, 0.15) is 43.5 Å². The Hall–Kier alpha value is -1.90. The third-order valence-corrected chi connectivity index (χ3v) is 4.92. The van der Waals surface area contributed by atoms with Gasteiger partial charge in [0.1, 0.15) is 0 Å². The number of fused-ring (bicyclic) bond motifs is 1. The van der Waals surface area contributed by atoms with E-state index in [0.29, 0.717) is 11.8 Å². The molecule has 0 saturated heterocycles. The van der Waals surface area contributed by atoms with E-state index in [1.54, 1.807) is 6.20 Å². The van der Waals surface area contributed by atoms with Crippen molar-refractivity contribution in [1.29, 1.82) is 0 Å². The Balaban J connectivity index is 1.84. The monoisotopic (exact) mass is 282 g/mol. The number of hydrogen-bond donors (Lipinski definition) is 1. The number of benzene rings is 1. The second-order valence-electron chi connectivity index (χ2n) is 6.22. The number of rotatable bonds is 2. The standard InChI is InChI=1S/C18H22N2O/c1-12-6-5-9-16(13(12)2)20-18(21)15-10-11-19-17-8-4-3-7-14(15)17/h3-4,7-8,10-13,16H,5-6,9H2,1-2H3,(H,20,21). The van der Waals surface area contributed by atoms with E-state index in [1.165, 1.54) is 12.8 Å². The SMILES string of the molecule is CC1CCCC(NC(=O)c2ccnc3ccccc23)C1C. The fraction of sp³-hybridized carbons (Fsp3) is 0.444. The summed E-state index contributed by atoms with van der Waals surface area (Å²) < 4.78 is 0. The number of hydrogen-bond acceptors (Lipinski definition) is 2. The van der Waals surface area contributed by atoms with Gasteiger partial charge < -0.3 is 5.32 Å². The highest BCUT2D eigenvalue weighted by atomic mass is 16.1. The highest BCUT2D eigenvalue weighted by Crippen LogP contribution is 2.29. The second kappa shape index (κ2) is 5.84. The van der Waals surface area contributed by atoms with Gasteiger partial charge in [-0.05, 0) is 30.4 Å². The quantitative estimate of drug-likeness (QED) is 0.910. The van der Waals surface area contributed by atoms with E-state index in [4.69, 9.17) is 0 Å². The van der Waals surface area contributed by atoms with Gasteiger partial charge in [-0.15, -0.1) is 0 Å². The summed E-state index contributed by atoms with van der Waals surface area (Å²) in [6.45, 7) is 4.53. The van der Waals surface area contributed by atoms with Crippen LogP contribution < -0.4 is 5.32 Å². The van der Waals surface area contributed by atoms with Crippen molar-refractivity contribution in [3.63, 3.8) is 0 Å². The molecule has 3 atom stereocenters. The van der Waals surface area contributed by atoms with Crippen LogP contribution in [0.15, 0.2) is 36.5 Å². The first-order valence-corrected chi connectivity index (χ1v) is 7.81. The third-order valence-electron chi connectivity index (χ3n) is 4.92. The number of amides is 1. The summed E-state index contributed by atoms with van der Waals surface area (Å²) in [6.07, 6.45) is 5.27. The van der Waals surface area contributed by atoms with Crippen molar-refractivity contribution in [1.82, 2.24) is 10.3 Å². The van der Waals surface area contributed by atoms with Crippen LogP contribution in [-0.2, 0) is 0 Å². The Labute approximate surface area is 125 Å². The Kier molecular flexibility index (Phi) is 3.91. The Morgan fingerprint density at radius 3 is 2.86 bits per heavy atom. The number of nitrogens with zero attached hydrogens (tertiary/aromatic N) is 1. The number of para-hydroxylation sites is 1. The molecule has 3 nitrogen and oxygen atoms in total. The van der Waals surface area contributed by atoms with E-state index >= 15 is 0 Å². The van der Waals surface area contributed by atoms with Gasteiger partial charge in [0.2, 0.25) is 0 Å². The molecule has 3 rings (SSSR count). The lowest BCUT2D eigenvalue weighted by Crippen LogP contribution is -2.43. The maximum Gasteiger partial charge on any atom is 0.252 e. The number of pyridine rings is 1. The minimum Gasteiger partial charge on any atom is -0.349 e. The summed E-state index contributed by atoms with van der Waals surface area (Å²) in [6, 6.07) is 9.90. The molecule has 2 aromatic rings. The molecule has 1 N–H and O–H groups in total. The van der Waals surface area contributed by atoms with Gasteiger partial charge in [0.15, 0.2) is 0 Å². The Morgan fingerprint density at radius 2 is 2.00 bits per heavy atom. The summed E-state index contributed by atoms with van der Waals surface area (Å²) >= 11 is 0. The van der Waals surface area contributed by atoms with Crippen molar-refractivity contribution in [3.8, 4) is 0 Å². The van der Waals surface area contributed by atoms with Gasteiger partial charge in [-0.2, -0.15) is 0 Å². The van der Waals surface area contributed by atoms with Crippen molar-refractivity contribution in [2.24, 2.45) is 11.8 Å². The van der Waals surface area contributed by atoms with E-state index in [2.05, 4.69) is 24.1 Å². The van der Waals surface area contributed by atoms with Gasteiger partial charge in [0.05, 0.1) is 11.1 Å². The van der Waals surface area contributed by atoms with Gasteiger partial charge in [-0.1, -0.05) is 44.9 Å². The molecule has 21 heavy (non-hydrogen) atoms. The molecule has 1 amide bonds. The largest absolute Gasteiger partial charge is 0.349 e. The minimum absolute atomic E-state index is 0.0274. The van der Waals surface area contributed by atoms with E-state index in [0.717, 1.165) is 22.9 Å². The zero-order chi connectivity index (χ0) is 14.8. The molecule has 3 unspecified atom stereocenters. The van der Waals surface area contributed by atoms with E-state index in [-0.39, 0.29) is 11.9 Å². The first-order valence-electron chi connectivity index (χ1n) is 7.81. The predicted octanol–water partition coefficient (Wildman–Crippen LogP) is 3.79. The molecule has 1 saturated carbocycles. The topological polar surface area (TPSA) is 42.0 Å². The van der Waals surface area contributed by atoms with Crippen LogP contribution in [0.2, 0.25) is 0 Å². The fourth-order valence-corrected chi connectivity index (χ4v) is 3.33. The van der Waals surface area contributed by atoms with Crippen LogP contribution >= 0.6 is 0 Å². The normalized spacial score (nSPS) is 25.7. The molecule has 0 spiro atoms. The van der Waals surface area contributed by atoms with Crippen LogP contribution in [-0.4, -0.2) is 16.9 Å². The lowest BCUT2D eigenvalue weighted by atomic mass is 9.78. The van der Waals surface area contributed by atoms with Crippen molar-refractivity contribution in [2.75, 3.05) is 0 Å². The number of nitrogens with one attached hydrogen (secondary N) is 1. The highest BCUT2D eigenvalue weighted by molar-refractivity contribution is 6.06. The van der Waals surface area contributed by atoms with Gasteiger partial charge >= 0.3 is 0 Å². The number of carbonyl (C=O) groups is 1. The van der Waals surface area contributed by atoms with Gasteiger partial charge in [-0.25, -0.2) is 0 Å². The van der Waals surface area contributed by atoms with Crippen LogP contribution in [0.5, 0.6) is 0 Å². The molecule has 0 aliphatic heterocycles. The molecule has 1 aliphatic rings. The molecule has 0 radical (unpaired) electrons. The van der Waals surface area contributed by atoms with Crippen molar-refractivity contribution < 1.29 is 4.79 Å². The average molecular weight is 282 g/mol. The highest BCUT2D eigenvalue weighted by Gasteiger charge is 2.28. The average Bonchev–Trinajstić information content (AvgIpc) is 2.51. The zero-order valence-electron chi connectivity index (χ0n) is 12.7. The Morgan fingerprint density at radius 1 is 1.19 bits per heavy atom. The van der Waals surface area contributed by atoms with Crippen LogP contribution in [0.25, 0.3) is 10.9 Å². The van der Waals surface area contributed by atoms with Crippen molar-refractivity contribution in [3.05, 3.63) is 42.1 Å². The summed E-state index contributed by atoms with van der Waals surface area (Å²) in [7, 11) is 0. The van der Waals surface area contributed by atoms with Crippen LogP contribution in [0.4, 0.5) is 0 Å². The molecule has 1 heterocycles. The van der Waals surface area contributed by atoms with Gasteiger partial charge in [-0.3, -0.25) is 9.78 Å². The number of aromatic nitrogens is 1. The van der Waals surface area contributed by atoms with Gasteiger partial charge in [0, 0.05) is 17.6 Å². The van der Waals surface area contributed by atoms with E-state index in [1.807, 2.05) is 30.3 Å². The van der Waals surface area contributed by atoms with Crippen LogP contribution in [0.3, 0.4) is 0 Å². The predicted molar refractivity (Wildman–Crippen MR) is 85.2 cm³/mol. The molecule has 3 heteroatoms. The van der Waals surface area contributed by atoms with Gasteiger partial charge in [0.25, 0.3) is 5.91 Å². The maximum absolute atomic E-state index is 12.6. The first kappa shape index (κ1) is 14.1. The lowest BCUT2D eigenvalue weighted by Gasteiger charge is -2.34. The molecular formula is C18H22N2O. The smallest absolute Gasteiger partial charge is 0.252 e. The second-order valence-corrected chi connectivity index (χ2v) is 6.22. The maximum atomic E-state index is 12.6. The molecule has 0 bridgehead atoms. The van der Waals surface area contributed by atoms with E-state index < -0.39 is 0 Å². The minimum atomic E-state index is 0.0274. The van der Waals surface area contributed by atoms with Crippen molar-refractivity contribution >= 4 is 16.8 Å². The fourth-order valence-electron chi connectivity index (χ4n) is 3.33. The third kappa shape index (κ3) is 2.78. The van der Waals surface area contributed by atoms with Crippen molar-refractivity contribution in [2.45, 2.75) is 39.2 Å². The summed E-state index contributed by atoms with van der Waals surface area (Å²) in [4.78, 5) is 17.0. The summed E-state index contributed by atoms with van der Waals surface area (Å²) in [5, 5.41) is 4.17. The molecular weight excluding hydrogens is 260 g/mol. The summed E-state index contributed by atoms with van der Waals surface area (Å²) in [5.41, 5.74) is 1.60. The lowest BCUT2D eigenvalue weighted by molar-refractivity contribution is 0.0892. The molecule has 1 aromatic carbocycles. The zero-order valence-corrected chi connectivity index (χ0v) is 12.7. The molecule has 1 aliphatic carbocycles. The van der Waals surface area contributed by atoms with E-state index in [9.17, 15) is 4.79 Å². The summed E-state index contributed by atoms with van der Waals surface area (Å²) in [5.74, 6) is 1.24. The molecule has 110 valence electrons. The first-order chi connectivity index (χ1) is 10.2. The number of carbonyl (C=O) groups excluding carboxylic acids is 1. The molecule has 1 fully saturated rings. The Bertz CT molecular complexity index is 647. The van der Waals surface area contributed by atoms with Crippen LogP contribution in [0, 0.1) is 11.8 Å².